The molecular formula is C18H28FIN4O. The highest BCUT2D eigenvalue weighted by atomic mass is 127. The average Bonchev–Trinajstić information content (AvgIpc) is 3.42. The second-order valence-electron chi connectivity index (χ2n) is 6.40. The highest BCUT2D eigenvalue weighted by Gasteiger charge is 2.21. The molecule has 25 heavy (non-hydrogen) atoms. The van der Waals surface area contributed by atoms with Crippen molar-refractivity contribution in [2.75, 3.05) is 44.3 Å². The fourth-order valence-corrected chi connectivity index (χ4v) is 2.78. The maximum atomic E-state index is 14.4. The molecule has 1 heterocycles. The molecule has 1 saturated heterocycles. The van der Waals surface area contributed by atoms with Gasteiger partial charge in [-0.2, -0.15) is 0 Å². The fraction of sp³-hybridized carbons (Fsp3) is 0.611. The summed E-state index contributed by atoms with van der Waals surface area (Å²) in [6.45, 7) is 7.10. The van der Waals surface area contributed by atoms with E-state index in [1.165, 1.54) is 12.8 Å². The number of hydrogen-bond donors (Lipinski definition) is 2. The molecule has 0 aromatic heterocycles. The van der Waals surface area contributed by atoms with E-state index in [0.29, 0.717) is 25.4 Å². The lowest BCUT2D eigenvalue weighted by molar-refractivity contribution is 0.122. The van der Waals surface area contributed by atoms with Crippen molar-refractivity contribution in [3.8, 4) is 0 Å². The van der Waals surface area contributed by atoms with Crippen LogP contribution in [-0.2, 0) is 11.3 Å². The molecule has 1 aliphatic carbocycles. The Morgan fingerprint density at radius 1 is 1.28 bits per heavy atom. The van der Waals surface area contributed by atoms with Crippen LogP contribution in [0.5, 0.6) is 0 Å². The molecule has 2 N–H and O–H groups in total. The van der Waals surface area contributed by atoms with Crippen molar-refractivity contribution in [1.82, 2.24) is 10.6 Å². The number of anilines is 1. The lowest BCUT2D eigenvalue weighted by atomic mass is 10.1. The zero-order valence-corrected chi connectivity index (χ0v) is 17.1. The zero-order chi connectivity index (χ0) is 16.8. The lowest BCUT2D eigenvalue weighted by Gasteiger charge is -2.29. The maximum absolute atomic E-state index is 14.4. The molecule has 0 radical (unpaired) electrons. The Bertz CT molecular complexity index is 574. The molecule has 7 heteroatoms. The third-order valence-electron chi connectivity index (χ3n) is 4.38. The first-order valence-electron chi connectivity index (χ1n) is 8.89. The molecular weight excluding hydrogens is 434 g/mol. The number of morpholine rings is 1. The van der Waals surface area contributed by atoms with Crippen LogP contribution < -0.4 is 15.5 Å². The summed E-state index contributed by atoms with van der Waals surface area (Å²) in [5.41, 5.74) is 1.54. The summed E-state index contributed by atoms with van der Waals surface area (Å²) < 4.78 is 19.7. The van der Waals surface area contributed by atoms with Gasteiger partial charge in [-0.3, -0.25) is 0 Å². The molecule has 0 amide bonds. The van der Waals surface area contributed by atoms with Crippen molar-refractivity contribution in [2.45, 2.75) is 26.3 Å². The van der Waals surface area contributed by atoms with Gasteiger partial charge in [0, 0.05) is 26.2 Å². The largest absolute Gasteiger partial charge is 0.378 e. The molecule has 1 saturated carbocycles. The van der Waals surface area contributed by atoms with Crippen molar-refractivity contribution in [1.29, 1.82) is 0 Å². The summed E-state index contributed by atoms with van der Waals surface area (Å²) in [6.07, 6.45) is 2.61. The Balaban J connectivity index is 0.00000225. The maximum Gasteiger partial charge on any atom is 0.191 e. The Morgan fingerprint density at radius 3 is 2.68 bits per heavy atom. The second kappa shape index (κ2) is 10.2. The van der Waals surface area contributed by atoms with Crippen LogP contribution in [0.2, 0.25) is 0 Å². The number of aliphatic imine (C=N–C) groups is 1. The minimum absolute atomic E-state index is 0. The van der Waals surface area contributed by atoms with Gasteiger partial charge in [0.1, 0.15) is 5.82 Å². The Morgan fingerprint density at radius 2 is 2.04 bits per heavy atom. The summed E-state index contributed by atoms with van der Waals surface area (Å²) in [7, 11) is 0. The van der Waals surface area contributed by atoms with Crippen LogP contribution in [0.25, 0.3) is 0 Å². The van der Waals surface area contributed by atoms with Crippen LogP contribution in [0.4, 0.5) is 10.1 Å². The van der Waals surface area contributed by atoms with Gasteiger partial charge in [-0.15, -0.1) is 24.0 Å². The number of ether oxygens (including phenoxy) is 1. The van der Waals surface area contributed by atoms with E-state index in [4.69, 9.17) is 4.74 Å². The van der Waals surface area contributed by atoms with Gasteiger partial charge >= 0.3 is 0 Å². The molecule has 1 aliphatic heterocycles. The summed E-state index contributed by atoms with van der Waals surface area (Å²) in [6, 6.07) is 5.41. The third-order valence-corrected chi connectivity index (χ3v) is 4.38. The van der Waals surface area contributed by atoms with Crippen LogP contribution in [0, 0.1) is 11.7 Å². The summed E-state index contributed by atoms with van der Waals surface area (Å²) in [5, 5.41) is 6.59. The Labute approximate surface area is 166 Å². The zero-order valence-electron chi connectivity index (χ0n) is 14.8. The van der Waals surface area contributed by atoms with E-state index < -0.39 is 0 Å². The summed E-state index contributed by atoms with van der Waals surface area (Å²) >= 11 is 0. The predicted molar refractivity (Wildman–Crippen MR) is 110 cm³/mol. The number of rotatable bonds is 6. The number of benzene rings is 1. The van der Waals surface area contributed by atoms with Gasteiger partial charge in [0.15, 0.2) is 5.96 Å². The fourth-order valence-electron chi connectivity index (χ4n) is 2.78. The molecule has 1 aromatic carbocycles. The van der Waals surface area contributed by atoms with Crippen LogP contribution in [0.1, 0.15) is 25.3 Å². The van der Waals surface area contributed by atoms with Crippen molar-refractivity contribution in [3.63, 3.8) is 0 Å². The van der Waals surface area contributed by atoms with Crippen molar-refractivity contribution in [2.24, 2.45) is 10.9 Å². The monoisotopic (exact) mass is 462 g/mol. The third kappa shape index (κ3) is 6.29. The van der Waals surface area contributed by atoms with Gasteiger partial charge in [-0.1, -0.05) is 6.07 Å². The van der Waals surface area contributed by atoms with Gasteiger partial charge in [-0.05, 0) is 43.4 Å². The molecule has 2 aliphatic rings. The Hall–Kier alpha value is -1.09. The SMILES string of the molecule is CCNC(=NCc1ccc(N2CCOCC2)c(F)c1)NCC1CC1.I. The number of hydrogen-bond acceptors (Lipinski definition) is 3. The molecule has 0 bridgehead atoms. The molecule has 5 nitrogen and oxygen atoms in total. The van der Waals surface area contributed by atoms with Crippen LogP contribution >= 0.6 is 24.0 Å². The highest BCUT2D eigenvalue weighted by Crippen LogP contribution is 2.27. The first kappa shape index (κ1) is 20.2. The van der Waals surface area contributed by atoms with E-state index in [1.54, 1.807) is 6.07 Å². The highest BCUT2D eigenvalue weighted by molar-refractivity contribution is 14.0. The van der Waals surface area contributed by atoms with Crippen molar-refractivity contribution < 1.29 is 9.13 Å². The lowest BCUT2D eigenvalue weighted by Crippen LogP contribution is -2.38. The Kier molecular flexibility index (Phi) is 8.21. The molecule has 1 aromatic rings. The quantitative estimate of drug-likeness (QED) is 0.388. The smallest absolute Gasteiger partial charge is 0.191 e. The normalized spacial score (nSPS) is 17.8. The van der Waals surface area contributed by atoms with Crippen LogP contribution in [-0.4, -0.2) is 45.4 Å². The topological polar surface area (TPSA) is 48.9 Å². The van der Waals surface area contributed by atoms with E-state index in [9.17, 15) is 4.39 Å². The number of nitrogens with zero attached hydrogens (tertiary/aromatic N) is 2. The minimum atomic E-state index is -0.180. The van der Waals surface area contributed by atoms with Crippen LogP contribution in [0.15, 0.2) is 23.2 Å². The average molecular weight is 462 g/mol. The predicted octanol–water partition coefficient (Wildman–Crippen LogP) is 2.75. The molecule has 3 rings (SSSR count). The number of halogens is 2. The first-order chi connectivity index (χ1) is 11.8. The molecule has 0 unspecified atom stereocenters. The van der Waals surface area contributed by atoms with Gasteiger partial charge < -0.3 is 20.3 Å². The van der Waals surface area contributed by atoms with Gasteiger partial charge in [0.05, 0.1) is 25.4 Å². The summed E-state index contributed by atoms with van der Waals surface area (Å²) in [4.78, 5) is 6.60. The summed E-state index contributed by atoms with van der Waals surface area (Å²) in [5.74, 6) is 1.42. The van der Waals surface area contributed by atoms with E-state index in [2.05, 4.69) is 15.6 Å². The van der Waals surface area contributed by atoms with E-state index in [1.807, 2.05) is 24.0 Å². The molecule has 140 valence electrons. The van der Waals surface area contributed by atoms with Gasteiger partial charge in [-0.25, -0.2) is 9.38 Å². The van der Waals surface area contributed by atoms with Gasteiger partial charge in [0.2, 0.25) is 0 Å². The van der Waals surface area contributed by atoms with Crippen molar-refractivity contribution >= 4 is 35.6 Å². The van der Waals surface area contributed by atoms with Crippen LogP contribution in [0.3, 0.4) is 0 Å². The van der Waals surface area contributed by atoms with Crippen molar-refractivity contribution in [3.05, 3.63) is 29.6 Å². The standard InChI is InChI=1S/C18H27FN4O.HI/c1-2-20-18(21-12-14-3-4-14)22-13-15-5-6-17(16(19)11-15)23-7-9-24-10-8-23;/h5-6,11,14H,2-4,7-10,12-13H2,1H3,(H2,20,21,22);1H. The molecule has 0 atom stereocenters. The molecule has 0 spiro atoms. The van der Waals surface area contributed by atoms with E-state index in [0.717, 1.165) is 43.6 Å². The second-order valence-corrected chi connectivity index (χ2v) is 6.40. The minimum Gasteiger partial charge on any atom is -0.378 e. The molecule has 2 fully saturated rings. The first-order valence-corrected chi connectivity index (χ1v) is 8.89. The van der Waals surface area contributed by atoms with Gasteiger partial charge in [0.25, 0.3) is 0 Å². The number of guanidine groups is 1. The van der Waals surface area contributed by atoms with E-state index >= 15 is 0 Å². The number of nitrogens with one attached hydrogen (secondary N) is 2. The van der Waals surface area contributed by atoms with E-state index in [-0.39, 0.29) is 29.8 Å².